The Kier molecular flexibility index (Phi) is 6.57. The molecule has 0 spiro atoms. The summed E-state index contributed by atoms with van der Waals surface area (Å²) in [5.74, 6) is 3.86. The Balaban J connectivity index is 1.16. The van der Waals surface area contributed by atoms with Gasteiger partial charge in [0.2, 0.25) is 0 Å². The molecule has 10 rings (SSSR count). The Hall–Kier alpha value is -4.45. The first-order valence-electron chi connectivity index (χ1n) is 17.3. The Morgan fingerprint density at radius 1 is 0.583 bits per heavy atom. The van der Waals surface area contributed by atoms with E-state index in [4.69, 9.17) is 15.0 Å². The fourth-order valence-electron chi connectivity index (χ4n) is 9.14. The number of aromatic nitrogens is 3. The molecule has 234 valence electrons. The third kappa shape index (κ3) is 4.55. The van der Waals surface area contributed by atoms with Crippen LogP contribution in [0.2, 0.25) is 0 Å². The number of nitrogens with zero attached hydrogens (tertiary/aromatic N) is 3. The van der Waals surface area contributed by atoms with Crippen molar-refractivity contribution in [3.05, 3.63) is 115 Å². The van der Waals surface area contributed by atoms with Crippen LogP contribution in [-0.4, -0.2) is 15.0 Å². The van der Waals surface area contributed by atoms with E-state index < -0.39 is 0 Å². The Bertz CT molecular complexity index is 2370. The second kappa shape index (κ2) is 11.0. The first kappa shape index (κ1) is 28.6. The normalized spacial score (nSPS) is 21.0. The number of fused-ring (bicyclic) bond motifs is 8. The lowest BCUT2D eigenvalue weighted by Crippen LogP contribution is -2.39. The van der Waals surface area contributed by atoms with Gasteiger partial charge in [0.25, 0.3) is 0 Å². The van der Waals surface area contributed by atoms with Crippen LogP contribution in [-0.2, 0) is 5.41 Å². The van der Waals surface area contributed by atoms with Crippen molar-refractivity contribution < 1.29 is 0 Å². The molecule has 5 aromatic carbocycles. The predicted octanol–water partition coefficient (Wildman–Crippen LogP) is 12.5. The molecule has 8 aromatic rings. The van der Waals surface area contributed by atoms with E-state index in [0.717, 1.165) is 46.0 Å². The maximum atomic E-state index is 5.27. The number of benzene rings is 5. The van der Waals surface area contributed by atoms with Crippen molar-refractivity contribution in [1.29, 1.82) is 0 Å². The van der Waals surface area contributed by atoms with E-state index in [1.54, 1.807) is 0 Å². The highest BCUT2D eigenvalue weighted by Gasteiger charge is 2.42. The van der Waals surface area contributed by atoms with Gasteiger partial charge in [0, 0.05) is 57.0 Å². The van der Waals surface area contributed by atoms with Gasteiger partial charge in [0.05, 0.1) is 0 Å². The van der Waals surface area contributed by atoms with Gasteiger partial charge in [0.15, 0.2) is 17.5 Å². The second-order valence-electron chi connectivity index (χ2n) is 14.2. The number of rotatable bonds is 4. The molecule has 3 atom stereocenters. The van der Waals surface area contributed by atoms with Crippen LogP contribution in [0.4, 0.5) is 0 Å². The van der Waals surface area contributed by atoms with E-state index in [9.17, 15) is 0 Å². The van der Waals surface area contributed by atoms with E-state index in [2.05, 4.69) is 116 Å². The largest absolute Gasteiger partial charge is 0.208 e. The molecule has 2 saturated carbocycles. The fourth-order valence-corrected chi connectivity index (χ4v) is 11.6. The zero-order valence-corrected chi connectivity index (χ0v) is 28.6. The van der Waals surface area contributed by atoms with Gasteiger partial charge in [-0.25, -0.2) is 15.0 Å². The Morgan fingerprint density at radius 2 is 1.15 bits per heavy atom. The number of hydrogen-bond acceptors (Lipinski definition) is 5. The van der Waals surface area contributed by atoms with Gasteiger partial charge in [-0.05, 0) is 72.8 Å². The summed E-state index contributed by atoms with van der Waals surface area (Å²) in [6, 6.07) is 39.7. The van der Waals surface area contributed by atoms with Crippen molar-refractivity contribution in [3.8, 4) is 34.2 Å². The zero-order chi connectivity index (χ0) is 31.8. The first-order chi connectivity index (χ1) is 23.6. The zero-order valence-electron chi connectivity index (χ0n) is 26.9. The maximum absolute atomic E-state index is 5.27. The summed E-state index contributed by atoms with van der Waals surface area (Å²) < 4.78 is 4.99. The van der Waals surface area contributed by atoms with E-state index in [0.29, 0.717) is 5.41 Å². The predicted molar refractivity (Wildman–Crippen MR) is 204 cm³/mol. The summed E-state index contributed by atoms with van der Waals surface area (Å²) >= 11 is 3.64. The highest BCUT2D eigenvalue weighted by Crippen LogP contribution is 2.52. The molecule has 5 heteroatoms. The Morgan fingerprint density at radius 3 is 1.77 bits per heavy atom. The monoisotopic (exact) mass is 657 g/mol. The second-order valence-corrected chi connectivity index (χ2v) is 16.3. The molecule has 3 heterocycles. The van der Waals surface area contributed by atoms with Gasteiger partial charge in [0.1, 0.15) is 0 Å². The van der Waals surface area contributed by atoms with Crippen LogP contribution < -0.4 is 0 Å². The summed E-state index contributed by atoms with van der Waals surface area (Å²) in [4.78, 5) is 15.8. The lowest BCUT2D eigenvalue weighted by Gasteiger charge is -2.48. The van der Waals surface area contributed by atoms with Gasteiger partial charge in [-0.15, -0.1) is 22.7 Å². The highest BCUT2D eigenvalue weighted by atomic mass is 32.1. The molecule has 0 radical (unpaired) electrons. The van der Waals surface area contributed by atoms with Crippen molar-refractivity contribution in [2.75, 3.05) is 0 Å². The van der Waals surface area contributed by atoms with Gasteiger partial charge in [-0.1, -0.05) is 105 Å². The summed E-state index contributed by atoms with van der Waals surface area (Å²) in [7, 11) is 0. The minimum absolute atomic E-state index is 0.322. The minimum Gasteiger partial charge on any atom is -0.208 e. The number of thiophene rings is 2. The van der Waals surface area contributed by atoms with Crippen LogP contribution in [0.5, 0.6) is 0 Å². The van der Waals surface area contributed by atoms with Crippen LogP contribution in [0.1, 0.15) is 51.0 Å². The number of hydrogen-bond donors (Lipinski definition) is 0. The Labute approximate surface area is 288 Å². The minimum atomic E-state index is 0.322. The van der Waals surface area contributed by atoms with Crippen molar-refractivity contribution >= 4 is 63.0 Å². The molecule has 2 bridgehead atoms. The van der Waals surface area contributed by atoms with Gasteiger partial charge in [-0.3, -0.25) is 0 Å². The molecular weight excluding hydrogens is 623 g/mol. The molecule has 2 fully saturated rings. The van der Waals surface area contributed by atoms with E-state index in [1.165, 1.54) is 84.4 Å². The first-order valence-corrected chi connectivity index (χ1v) is 18.9. The molecule has 0 N–H and O–H groups in total. The van der Waals surface area contributed by atoms with Crippen molar-refractivity contribution in [3.63, 3.8) is 0 Å². The molecule has 2 aliphatic carbocycles. The molecule has 3 unspecified atom stereocenters. The van der Waals surface area contributed by atoms with E-state index in [1.807, 2.05) is 22.7 Å². The lowest BCUT2D eigenvalue weighted by atomic mass is 9.57. The summed E-state index contributed by atoms with van der Waals surface area (Å²) in [5.41, 5.74) is 4.98. The van der Waals surface area contributed by atoms with Crippen LogP contribution in [0, 0.1) is 11.8 Å². The van der Waals surface area contributed by atoms with Crippen molar-refractivity contribution in [2.24, 2.45) is 11.8 Å². The third-order valence-electron chi connectivity index (χ3n) is 11.1. The SMILES string of the molecule is CC1CC2CCCC(c3ccc(-c4nc(-c5cccc6c5sc5ccccc56)nc(-c5cccc6c5sc5ccccc56)n4)cc3)(C1)C2. The van der Waals surface area contributed by atoms with E-state index >= 15 is 0 Å². The molecule has 0 aliphatic heterocycles. The molecule has 48 heavy (non-hydrogen) atoms. The topological polar surface area (TPSA) is 38.7 Å². The van der Waals surface area contributed by atoms with Crippen molar-refractivity contribution in [2.45, 2.75) is 50.9 Å². The summed E-state index contributed by atoms with van der Waals surface area (Å²) in [6.07, 6.45) is 8.11. The molecule has 2 aliphatic rings. The van der Waals surface area contributed by atoms with Gasteiger partial charge in [-0.2, -0.15) is 0 Å². The smallest absolute Gasteiger partial charge is 0.165 e. The average molecular weight is 658 g/mol. The van der Waals surface area contributed by atoms with Crippen LogP contribution in [0.25, 0.3) is 74.5 Å². The maximum Gasteiger partial charge on any atom is 0.165 e. The van der Waals surface area contributed by atoms with E-state index in [-0.39, 0.29) is 0 Å². The molecule has 3 aromatic heterocycles. The lowest BCUT2D eigenvalue weighted by molar-refractivity contribution is 0.110. The highest BCUT2D eigenvalue weighted by molar-refractivity contribution is 7.26. The molecule has 0 saturated heterocycles. The van der Waals surface area contributed by atoms with Crippen LogP contribution in [0.3, 0.4) is 0 Å². The van der Waals surface area contributed by atoms with Crippen LogP contribution in [0.15, 0.2) is 109 Å². The average Bonchev–Trinajstić information content (AvgIpc) is 3.70. The fraction of sp³-hybridized carbons (Fsp3) is 0.233. The quantitative estimate of drug-likeness (QED) is 0.189. The van der Waals surface area contributed by atoms with Gasteiger partial charge < -0.3 is 0 Å². The molecular formula is C43H35N3S2. The van der Waals surface area contributed by atoms with Crippen LogP contribution >= 0.6 is 22.7 Å². The van der Waals surface area contributed by atoms with Crippen molar-refractivity contribution in [1.82, 2.24) is 15.0 Å². The molecule has 0 amide bonds. The summed E-state index contributed by atoms with van der Waals surface area (Å²) in [6.45, 7) is 2.46. The van der Waals surface area contributed by atoms with Gasteiger partial charge >= 0.3 is 0 Å². The molecule has 3 nitrogen and oxygen atoms in total. The standard InChI is InChI=1S/C43H35N3S2/c1-26-23-27-9-8-22-43(24-26,25-27)29-20-18-28(19-21-29)40-44-41(34-14-6-12-32-30-10-2-4-16-36(30)47-38(32)34)46-42(45-40)35-15-7-13-33-31-11-3-5-17-37(31)48-39(33)35/h2-7,10-21,26-27H,8-9,22-25H2,1H3. The summed E-state index contributed by atoms with van der Waals surface area (Å²) in [5, 5.41) is 5.06. The third-order valence-corrected chi connectivity index (χ3v) is 13.5.